The largest absolute Gasteiger partial charge is 0.309 e. The van der Waals surface area contributed by atoms with Crippen molar-refractivity contribution in [2.75, 3.05) is 0 Å². The number of rotatable bonds is 0. The second-order valence-electron chi connectivity index (χ2n) is 3.38. The van der Waals surface area contributed by atoms with Gasteiger partial charge in [-0.2, -0.15) is 0 Å². The third kappa shape index (κ3) is 0.455. The van der Waals surface area contributed by atoms with Crippen LogP contribution in [0.3, 0.4) is 0 Å². The van der Waals surface area contributed by atoms with Crippen LogP contribution in [-0.4, -0.2) is 11.6 Å². The van der Waals surface area contributed by atoms with Gasteiger partial charge < -0.3 is 5.32 Å². The molecule has 1 saturated heterocycles. The van der Waals surface area contributed by atoms with E-state index in [1.807, 2.05) is 0 Å². The number of nitrogens with one attached hydrogen (secondary N) is 1. The second kappa shape index (κ2) is 1.27. The van der Waals surface area contributed by atoms with Crippen molar-refractivity contribution < 1.29 is 0 Å². The van der Waals surface area contributed by atoms with E-state index in [4.69, 9.17) is 0 Å². The Bertz CT molecular complexity index is 97.0. The quantitative estimate of drug-likeness (QED) is 0.496. The Labute approximate surface area is 50.5 Å². The highest BCUT2D eigenvalue weighted by molar-refractivity contribution is 5.06. The van der Waals surface area contributed by atoms with Gasteiger partial charge >= 0.3 is 0 Å². The number of hydrogen-bond donors (Lipinski definition) is 1. The first-order valence-electron chi connectivity index (χ1n) is 3.58. The highest BCUT2D eigenvalue weighted by Gasteiger charge is 2.45. The zero-order valence-electron chi connectivity index (χ0n) is 5.41. The van der Waals surface area contributed by atoms with E-state index in [9.17, 15) is 0 Å². The van der Waals surface area contributed by atoms with Gasteiger partial charge in [0.2, 0.25) is 0 Å². The zero-order chi connectivity index (χ0) is 5.61. The van der Waals surface area contributed by atoms with Gasteiger partial charge in [0.25, 0.3) is 0 Å². The average Bonchev–Trinajstić information content (AvgIpc) is 1.51. The first-order valence-corrected chi connectivity index (χ1v) is 3.58. The van der Waals surface area contributed by atoms with Crippen LogP contribution in [-0.2, 0) is 0 Å². The lowest BCUT2D eigenvalue weighted by atomic mass is 9.67. The summed E-state index contributed by atoms with van der Waals surface area (Å²) < 4.78 is 0. The summed E-state index contributed by atoms with van der Waals surface area (Å²) in [6.07, 6.45) is 5.78. The first kappa shape index (κ1) is 4.80. The van der Waals surface area contributed by atoms with E-state index >= 15 is 0 Å². The molecule has 0 bridgehead atoms. The van der Waals surface area contributed by atoms with E-state index in [1.165, 1.54) is 25.7 Å². The van der Waals surface area contributed by atoms with Crippen molar-refractivity contribution in [1.82, 2.24) is 5.32 Å². The molecule has 46 valence electrons. The van der Waals surface area contributed by atoms with E-state index in [0.717, 1.165) is 6.04 Å². The summed E-state index contributed by atoms with van der Waals surface area (Å²) >= 11 is 0. The molecule has 8 heavy (non-hydrogen) atoms. The maximum absolute atomic E-state index is 3.56. The standard InChI is InChI=1S/C7H13N/c1-6-5-7(8-6)3-2-4-7/h6,8H,2-5H2,1H3. The molecule has 0 aromatic heterocycles. The predicted octanol–water partition coefficient (Wildman–Crippen LogP) is 1.29. The molecule has 1 aliphatic carbocycles. The van der Waals surface area contributed by atoms with Crippen molar-refractivity contribution >= 4 is 0 Å². The van der Waals surface area contributed by atoms with Crippen molar-refractivity contribution in [3.8, 4) is 0 Å². The molecule has 1 aliphatic heterocycles. The Hall–Kier alpha value is -0.0400. The van der Waals surface area contributed by atoms with Crippen LogP contribution >= 0.6 is 0 Å². The number of hydrogen-bond acceptors (Lipinski definition) is 1. The molecule has 2 aliphatic rings. The minimum Gasteiger partial charge on any atom is -0.309 e. The molecular weight excluding hydrogens is 98.1 g/mol. The van der Waals surface area contributed by atoms with Crippen molar-refractivity contribution in [1.29, 1.82) is 0 Å². The van der Waals surface area contributed by atoms with Gasteiger partial charge in [-0.1, -0.05) is 0 Å². The van der Waals surface area contributed by atoms with Crippen molar-refractivity contribution in [2.24, 2.45) is 0 Å². The molecule has 1 heterocycles. The molecule has 1 saturated carbocycles. The second-order valence-corrected chi connectivity index (χ2v) is 3.38. The average molecular weight is 111 g/mol. The summed E-state index contributed by atoms with van der Waals surface area (Å²) in [4.78, 5) is 0. The molecule has 1 spiro atoms. The summed E-state index contributed by atoms with van der Waals surface area (Å²) in [6.45, 7) is 2.27. The lowest BCUT2D eigenvalue weighted by Crippen LogP contribution is -2.65. The normalized spacial score (nSPS) is 40.9. The van der Waals surface area contributed by atoms with Gasteiger partial charge in [0.15, 0.2) is 0 Å². The van der Waals surface area contributed by atoms with E-state index < -0.39 is 0 Å². The zero-order valence-corrected chi connectivity index (χ0v) is 5.41. The highest BCUT2D eigenvalue weighted by Crippen LogP contribution is 2.41. The maximum atomic E-state index is 3.56. The molecule has 0 radical (unpaired) electrons. The van der Waals surface area contributed by atoms with Crippen molar-refractivity contribution in [3.05, 3.63) is 0 Å². The SMILES string of the molecule is CC1CC2(CCC2)N1. The summed E-state index contributed by atoms with van der Waals surface area (Å²) in [5.41, 5.74) is 0.666. The van der Waals surface area contributed by atoms with Crippen LogP contribution < -0.4 is 5.32 Å². The molecule has 2 rings (SSSR count). The smallest absolute Gasteiger partial charge is 0.0198 e. The van der Waals surface area contributed by atoms with Gasteiger partial charge in [-0.3, -0.25) is 0 Å². The van der Waals surface area contributed by atoms with Crippen molar-refractivity contribution in [3.63, 3.8) is 0 Å². The monoisotopic (exact) mass is 111 g/mol. The van der Waals surface area contributed by atoms with Crippen LogP contribution in [0.15, 0.2) is 0 Å². The Morgan fingerprint density at radius 3 is 2.25 bits per heavy atom. The minimum absolute atomic E-state index is 0.666. The summed E-state index contributed by atoms with van der Waals surface area (Å²) in [7, 11) is 0. The van der Waals surface area contributed by atoms with Crippen LogP contribution in [0.1, 0.15) is 32.6 Å². The molecule has 2 fully saturated rings. The van der Waals surface area contributed by atoms with Crippen LogP contribution in [0.2, 0.25) is 0 Å². The topological polar surface area (TPSA) is 12.0 Å². The lowest BCUT2D eigenvalue weighted by molar-refractivity contribution is 0.0595. The minimum atomic E-state index is 0.666. The summed E-state index contributed by atoms with van der Waals surface area (Å²) in [5.74, 6) is 0. The van der Waals surface area contributed by atoms with Crippen LogP contribution in [0.25, 0.3) is 0 Å². The van der Waals surface area contributed by atoms with E-state index in [-0.39, 0.29) is 0 Å². The molecule has 1 N–H and O–H groups in total. The summed E-state index contributed by atoms with van der Waals surface area (Å²) in [6, 6.07) is 0.815. The summed E-state index contributed by atoms with van der Waals surface area (Å²) in [5, 5.41) is 3.56. The Kier molecular flexibility index (Phi) is 0.762. The first-order chi connectivity index (χ1) is 3.81. The molecule has 1 heteroatoms. The van der Waals surface area contributed by atoms with Gasteiger partial charge in [0, 0.05) is 11.6 Å². The van der Waals surface area contributed by atoms with Crippen molar-refractivity contribution in [2.45, 2.75) is 44.2 Å². The molecule has 0 aromatic carbocycles. The van der Waals surface area contributed by atoms with Gasteiger partial charge in [-0.15, -0.1) is 0 Å². The highest BCUT2D eigenvalue weighted by atomic mass is 15.1. The molecule has 1 unspecified atom stereocenters. The van der Waals surface area contributed by atoms with Gasteiger partial charge in [0.05, 0.1) is 0 Å². The fraction of sp³-hybridized carbons (Fsp3) is 1.00. The van der Waals surface area contributed by atoms with Gasteiger partial charge in [0.1, 0.15) is 0 Å². The molecular formula is C7H13N. The van der Waals surface area contributed by atoms with E-state index in [2.05, 4.69) is 12.2 Å². The lowest BCUT2D eigenvalue weighted by Gasteiger charge is -2.54. The molecule has 1 atom stereocenters. The van der Waals surface area contributed by atoms with Crippen LogP contribution in [0, 0.1) is 0 Å². The Morgan fingerprint density at radius 1 is 1.50 bits per heavy atom. The van der Waals surface area contributed by atoms with Gasteiger partial charge in [-0.25, -0.2) is 0 Å². The molecule has 0 amide bonds. The maximum Gasteiger partial charge on any atom is 0.0198 e. The van der Waals surface area contributed by atoms with Crippen LogP contribution in [0.5, 0.6) is 0 Å². The predicted molar refractivity (Wildman–Crippen MR) is 33.8 cm³/mol. The molecule has 1 nitrogen and oxygen atoms in total. The van der Waals surface area contributed by atoms with E-state index in [1.54, 1.807) is 0 Å². The fourth-order valence-electron chi connectivity index (χ4n) is 2.04. The third-order valence-corrected chi connectivity index (χ3v) is 2.56. The van der Waals surface area contributed by atoms with Gasteiger partial charge in [-0.05, 0) is 32.6 Å². The van der Waals surface area contributed by atoms with E-state index in [0.29, 0.717) is 5.54 Å². The Balaban J connectivity index is 1.92. The molecule has 0 aromatic rings. The third-order valence-electron chi connectivity index (χ3n) is 2.56. The van der Waals surface area contributed by atoms with Crippen LogP contribution in [0.4, 0.5) is 0 Å². The fourth-order valence-corrected chi connectivity index (χ4v) is 2.04. The Morgan fingerprint density at radius 2 is 2.12 bits per heavy atom.